The molecule has 6 heteroatoms. The molecule has 1 heterocycles. The predicted molar refractivity (Wildman–Crippen MR) is 124 cm³/mol. The van der Waals surface area contributed by atoms with Crippen molar-refractivity contribution >= 4 is 17.5 Å². The third-order valence-electron chi connectivity index (χ3n) is 5.21. The number of amides is 1. The summed E-state index contributed by atoms with van der Waals surface area (Å²) in [5.41, 5.74) is 2.96. The molecule has 1 aromatic heterocycles. The van der Waals surface area contributed by atoms with E-state index in [0.717, 1.165) is 17.0 Å². The summed E-state index contributed by atoms with van der Waals surface area (Å²) in [6.45, 7) is 0.598. The number of methoxy groups -OCH3 is 1. The zero-order valence-electron chi connectivity index (χ0n) is 17.5. The van der Waals surface area contributed by atoms with Crippen molar-refractivity contribution in [2.24, 2.45) is 0 Å². The SMILES string of the molecule is COc1ccc(CN(Cc2ccc(F)cc2Cl)C(=O)c2ccccc2-n2cccc2)cc1. The van der Waals surface area contributed by atoms with Crippen LogP contribution in [0.5, 0.6) is 5.75 Å². The van der Waals surface area contributed by atoms with Gasteiger partial charge in [-0.05, 0) is 59.7 Å². The minimum atomic E-state index is -0.412. The van der Waals surface area contributed by atoms with E-state index < -0.39 is 5.82 Å². The number of para-hydroxylation sites is 1. The molecule has 0 saturated heterocycles. The first-order chi connectivity index (χ1) is 15.5. The first-order valence-corrected chi connectivity index (χ1v) is 10.5. The van der Waals surface area contributed by atoms with Crippen LogP contribution in [-0.4, -0.2) is 22.5 Å². The van der Waals surface area contributed by atoms with E-state index in [1.165, 1.54) is 12.1 Å². The van der Waals surface area contributed by atoms with Crippen LogP contribution < -0.4 is 4.74 Å². The monoisotopic (exact) mass is 448 g/mol. The Morgan fingerprint density at radius 3 is 2.38 bits per heavy atom. The molecular formula is C26H22ClFN2O2. The van der Waals surface area contributed by atoms with Crippen molar-refractivity contribution in [2.75, 3.05) is 7.11 Å². The lowest BCUT2D eigenvalue weighted by molar-refractivity contribution is 0.0730. The zero-order valence-corrected chi connectivity index (χ0v) is 18.3. The van der Waals surface area contributed by atoms with Crippen LogP contribution in [-0.2, 0) is 13.1 Å². The third kappa shape index (κ3) is 4.84. The minimum absolute atomic E-state index is 0.148. The standard InChI is InChI=1S/C26H22ClFN2O2/c1-32-22-12-8-19(9-13-22)17-30(18-20-10-11-21(28)16-24(20)27)26(31)23-6-2-3-7-25(23)29-14-4-5-15-29/h2-16H,17-18H2,1H3. The van der Waals surface area contributed by atoms with Crippen LogP contribution in [0.1, 0.15) is 21.5 Å². The molecule has 0 saturated carbocycles. The first kappa shape index (κ1) is 21.7. The van der Waals surface area contributed by atoms with Gasteiger partial charge in [0.05, 0.1) is 18.4 Å². The summed E-state index contributed by atoms with van der Waals surface area (Å²) < 4.78 is 20.7. The molecule has 0 bridgehead atoms. The molecule has 0 unspecified atom stereocenters. The maximum Gasteiger partial charge on any atom is 0.256 e. The van der Waals surface area contributed by atoms with Gasteiger partial charge in [-0.2, -0.15) is 0 Å². The van der Waals surface area contributed by atoms with E-state index >= 15 is 0 Å². The number of carbonyl (C=O) groups excluding carboxylic acids is 1. The van der Waals surface area contributed by atoms with Crippen molar-refractivity contribution in [3.05, 3.63) is 119 Å². The third-order valence-corrected chi connectivity index (χ3v) is 5.56. The Hall–Kier alpha value is -3.57. The molecule has 0 fully saturated rings. The van der Waals surface area contributed by atoms with Crippen LogP contribution in [0.4, 0.5) is 4.39 Å². The van der Waals surface area contributed by atoms with E-state index in [9.17, 15) is 9.18 Å². The molecule has 0 atom stereocenters. The highest BCUT2D eigenvalue weighted by atomic mass is 35.5. The van der Waals surface area contributed by atoms with E-state index in [0.29, 0.717) is 17.7 Å². The number of hydrogen-bond donors (Lipinski definition) is 0. The fraction of sp³-hybridized carbons (Fsp3) is 0.115. The Morgan fingerprint density at radius 1 is 0.969 bits per heavy atom. The fourth-order valence-corrected chi connectivity index (χ4v) is 3.78. The summed E-state index contributed by atoms with van der Waals surface area (Å²) in [4.78, 5) is 15.5. The Kier molecular flexibility index (Phi) is 6.57. The number of nitrogens with zero attached hydrogens (tertiary/aromatic N) is 2. The normalized spacial score (nSPS) is 10.7. The lowest BCUT2D eigenvalue weighted by Gasteiger charge is -2.25. The van der Waals surface area contributed by atoms with Crippen LogP contribution >= 0.6 is 11.6 Å². The summed E-state index contributed by atoms with van der Waals surface area (Å²) in [6, 6.07) is 23.1. The van der Waals surface area contributed by atoms with E-state index in [2.05, 4.69) is 0 Å². The lowest BCUT2D eigenvalue weighted by Crippen LogP contribution is -2.31. The summed E-state index contributed by atoms with van der Waals surface area (Å²) in [6.07, 6.45) is 3.80. The van der Waals surface area contributed by atoms with Crippen molar-refractivity contribution in [1.29, 1.82) is 0 Å². The number of hydrogen-bond acceptors (Lipinski definition) is 2. The van der Waals surface area contributed by atoms with Crippen molar-refractivity contribution in [3.63, 3.8) is 0 Å². The Balaban J connectivity index is 1.70. The second-order valence-electron chi connectivity index (χ2n) is 7.35. The van der Waals surface area contributed by atoms with Crippen LogP contribution in [0.3, 0.4) is 0 Å². The van der Waals surface area contributed by atoms with E-state index in [4.69, 9.17) is 16.3 Å². The molecule has 0 aliphatic carbocycles. The van der Waals surface area contributed by atoms with Gasteiger partial charge in [0.2, 0.25) is 0 Å². The molecule has 0 aliphatic heterocycles. The number of halogens is 2. The van der Waals surface area contributed by atoms with E-state index in [1.807, 2.05) is 77.6 Å². The number of rotatable bonds is 7. The van der Waals surface area contributed by atoms with E-state index in [-0.39, 0.29) is 17.5 Å². The molecule has 0 aliphatic rings. The summed E-state index contributed by atoms with van der Waals surface area (Å²) in [5, 5.41) is 0.288. The van der Waals surface area contributed by atoms with Gasteiger partial charge in [0.1, 0.15) is 11.6 Å². The number of benzene rings is 3. The van der Waals surface area contributed by atoms with Gasteiger partial charge in [-0.25, -0.2) is 4.39 Å². The minimum Gasteiger partial charge on any atom is -0.497 e. The first-order valence-electron chi connectivity index (χ1n) is 10.1. The second-order valence-corrected chi connectivity index (χ2v) is 7.76. The molecule has 4 rings (SSSR count). The van der Waals surface area contributed by atoms with Crippen molar-refractivity contribution in [2.45, 2.75) is 13.1 Å². The molecular weight excluding hydrogens is 427 g/mol. The maximum absolute atomic E-state index is 13.7. The van der Waals surface area contributed by atoms with E-state index in [1.54, 1.807) is 18.1 Å². The summed E-state index contributed by atoms with van der Waals surface area (Å²) in [7, 11) is 1.61. The molecule has 4 aromatic rings. The predicted octanol–water partition coefficient (Wildman–Crippen LogP) is 6.12. The van der Waals surface area contributed by atoms with Gasteiger partial charge in [0, 0.05) is 30.5 Å². The molecule has 4 nitrogen and oxygen atoms in total. The Bertz CT molecular complexity index is 1210. The van der Waals surface area contributed by atoms with Crippen molar-refractivity contribution in [1.82, 2.24) is 9.47 Å². The number of carbonyl (C=O) groups is 1. The Morgan fingerprint density at radius 2 is 1.69 bits per heavy atom. The van der Waals surface area contributed by atoms with Crippen molar-refractivity contribution in [3.8, 4) is 11.4 Å². The zero-order chi connectivity index (χ0) is 22.5. The maximum atomic E-state index is 13.7. The quantitative estimate of drug-likeness (QED) is 0.341. The van der Waals surface area contributed by atoms with Gasteiger partial charge >= 0.3 is 0 Å². The molecule has 162 valence electrons. The Labute approximate surface area is 191 Å². The molecule has 32 heavy (non-hydrogen) atoms. The average Bonchev–Trinajstić information content (AvgIpc) is 3.35. The van der Waals surface area contributed by atoms with Crippen LogP contribution in [0.2, 0.25) is 5.02 Å². The second kappa shape index (κ2) is 9.71. The highest BCUT2D eigenvalue weighted by Gasteiger charge is 2.21. The van der Waals surface area contributed by atoms with Gasteiger partial charge in [-0.3, -0.25) is 4.79 Å². The number of ether oxygens (including phenoxy) is 1. The lowest BCUT2D eigenvalue weighted by atomic mass is 10.1. The van der Waals surface area contributed by atoms with Gasteiger partial charge in [-0.1, -0.05) is 41.9 Å². The molecule has 1 amide bonds. The average molecular weight is 449 g/mol. The number of aromatic nitrogens is 1. The highest BCUT2D eigenvalue weighted by Crippen LogP contribution is 2.24. The van der Waals surface area contributed by atoms with Gasteiger partial charge < -0.3 is 14.2 Å². The summed E-state index contributed by atoms with van der Waals surface area (Å²) in [5.74, 6) is 0.182. The molecule has 3 aromatic carbocycles. The summed E-state index contributed by atoms with van der Waals surface area (Å²) >= 11 is 6.28. The van der Waals surface area contributed by atoms with Gasteiger partial charge in [-0.15, -0.1) is 0 Å². The van der Waals surface area contributed by atoms with Crippen LogP contribution in [0.15, 0.2) is 91.3 Å². The molecule has 0 radical (unpaired) electrons. The smallest absolute Gasteiger partial charge is 0.256 e. The molecule has 0 N–H and O–H groups in total. The topological polar surface area (TPSA) is 34.5 Å². The highest BCUT2D eigenvalue weighted by molar-refractivity contribution is 6.31. The van der Waals surface area contributed by atoms with Crippen molar-refractivity contribution < 1.29 is 13.9 Å². The molecule has 0 spiro atoms. The fourth-order valence-electron chi connectivity index (χ4n) is 3.55. The van der Waals surface area contributed by atoms with Crippen LogP contribution in [0.25, 0.3) is 5.69 Å². The van der Waals surface area contributed by atoms with Crippen LogP contribution in [0, 0.1) is 5.82 Å². The van der Waals surface area contributed by atoms with Gasteiger partial charge in [0.25, 0.3) is 5.91 Å². The van der Waals surface area contributed by atoms with Gasteiger partial charge in [0.15, 0.2) is 0 Å². The largest absolute Gasteiger partial charge is 0.497 e.